The van der Waals surface area contributed by atoms with Crippen LogP contribution in [0.3, 0.4) is 0 Å². The van der Waals surface area contributed by atoms with Gasteiger partial charge in [0, 0.05) is 14.2 Å². The lowest BCUT2D eigenvalue weighted by Crippen LogP contribution is -2.51. The standard InChI is InChI=1S/C12H19NO2/c1-12(13,11(14-2)15-3)9-10-7-5-4-6-8-10/h4-8,11H,9,13H2,1-3H3. The van der Waals surface area contributed by atoms with Crippen LogP contribution < -0.4 is 5.73 Å². The molecular weight excluding hydrogens is 190 g/mol. The van der Waals surface area contributed by atoms with Crippen LogP contribution in [-0.2, 0) is 15.9 Å². The van der Waals surface area contributed by atoms with E-state index >= 15 is 0 Å². The molecule has 1 aromatic carbocycles. The Kier molecular flexibility index (Phi) is 4.27. The third kappa shape index (κ3) is 3.30. The van der Waals surface area contributed by atoms with Gasteiger partial charge < -0.3 is 15.2 Å². The Morgan fingerprint density at radius 1 is 1.20 bits per heavy atom. The van der Waals surface area contributed by atoms with E-state index in [0.29, 0.717) is 0 Å². The number of hydrogen-bond donors (Lipinski definition) is 1. The predicted molar refractivity (Wildman–Crippen MR) is 60.5 cm³/mol. The Labute approximate surface area is 91.2 Å². The van der Waals surface area contributed by atoms with Crippen molar-refractivity contribution in [3.63, 3.8) is 0 Å². The van der Waals surface area contributed by atoms with Crippen LogP contribution in [0, 0.1) is 0 Å². The number of ether oxygens (including phenoxy) is 2. The van der Waals surface area contributed by atoms with Gasteiger partial charge in [-0.05, 0) is 18.9 Å². The van der Waals surface area contributed by atoms with E-state index in [0.717, 1.165) is 6.42 Å². The molecule has 0 bridgehead atoms. The number of benzene rings is 1. The van der Waals surface area contributed by atoms with E-state index in [1.54, 1.807) is 14.2 Å². The zero-order valence-electron chi connectivity index (χ0n) is 9.57. The molecule has 3 heteroatoms. The maximum atomic E-state index is 6.16. The van der Waals surface area contributed by atoms with Crippen molar-refractivity contribution < 1.29 is 9.47 Å². The van der Waals surface area contributed by atoms with Gasteiger partial charge in [0.15, 0.2) is 6.29 Å². The zero-order valence-corrected chi connectivity index (χ0v) is 9.57. The zero-order chi connectivity index (χ0) is 11.3. The highest BCUT2D eigenvalue weighted by Crippen LogP contribution is 2.17. The topological polar surface area (TPSA) is 44.5 Å². The third-order valence-electron chi connectivity index (χ3n) is 2.39. The Balaban J connectivity index is 2.71. The van der Waals surface area contributed by atoms with Crippen molar-refractivity contribution in [3.05, 3.63) is 35.9 Å². The van der Waals surface area contributed by atoms with Crippen molar-refractivity contribution in [2.75, 3.05) is 14.2 Å². The molecule has 1 atom stereocenters. The monoisotopic (exact) mass is 209 g/mol. The molecule has 84 valence electrons. The molecule has 0 aromatic heterocycles. The number of nitrogens with two attached hydrogens (primary N) is 1. The molecular formula is C12H19NO2. The van der Waals surface area contributed by atoms with E-state index in [-0.39, 0.29) is 0 Å². The van der Waals surface area contributed by atoms with E-state index in [2.05, 4.69) is 0 Å². The number of hydrogen-bond acceptors (Lipinski definition) is 3. The van der Waals surface area contributed by atoms with Gasteiger partial charge in [0.1, 0.15) is 0 Å². The second-order valence-corrected chi connectivity index (χ2v) is 3.97. The molecule has 0 saturated heterocycles. The van der Waals surface area contributed by atoms with Crippen molar-refractivity contribution in [1.29, 1.82) is 0 Å². The highest BCUT2D eigenvalue weighted by molar-refractivity contribution is 5.17. The second-order valence-electron chi connectivity index (χ2n) is 3.97. The summed E-state index contributed by atoms with van der Waals surface area (Å²) in [4.78, 5) is 0. The fourth-order valence-electron chi connectivity index (χ4n) is 1.75. The first-order chi connectivity index (χ1) is 7.10. The highest BCUT2D eigenvalue weighted by atomic mass is 16.7. The minimum atomic E-state index is -0.523. The SMILES string of the molecule is COC(OC)C(C)(N)Cc1ccccc1. The Bertz CT molecular complexity index is 281. The highest BCUT2D eigenvalue weighted by Gasteiger charge is 2.30. The largest absolute Gasteiger partial charge is 0.354 e. The summed E-state index contributed by atoms with van der Waals surface area (Å²) in [6, 6.07) is 10.1. The van der Waals surface area contributed by atoms with Crippen LogP contribution in [0.5, 0.6) is 0 Å². The van der Waals surface area contributed by atoms with Gasteiger partial charge in [-0.1, -0.05) is 30.3 Å². The summed E-state index contributed by atoms with van der Waals surface area (Å²) >= 11 is 0. The minimum absolute atomic E-state index is 0.391. The maximum absolute atomic E-state index is 6.16. The van der Waals surface area contributed by atoms with E-state index in [1.165, 1.54) is 5.56 Å². The van der Waals surface area contributed by atoms with Gasteiger partial charge in [0.2, 0.25) is 0 Å². The molecule has 0 heterocycles. The first-order valence-corrected chi connectivity index (χ1v) is 4.98. The van der Waals surface area contributed by atoms with Crippen LogP contribution in [0.4, 0.5) is 0 Å². The number of rotatable bonds is 5. The average molecular weight is 209 g/mol. The molecule has 2 N–H and O–H groups in total. The summed E-state index contributed by atoms with van der Waals surface area (Å²) < 4.78 is 10.4. The van der Waals surface area contributed by atoms with E-state index in [1.807, 2.05) is 37.3 Å². The van der Waals surface area contributed by atoms with Crippen LogP contribution >= 0.6 is 0 Å². The molecule has 3 nitrogen and oxygen atoms in total. The maximum Gasteiger partial charge on any atom is 0.174 e. The van der Waals surface area contributed by atoms with Gasteiger partial charge in [-0.2, -0.15) is 0 Å². The lowest BCUT2D eigenvalue weighted by molar-refractivity contribution is -0.142. The van der Waals surface area contributed by atoms with Crippen LogP contribution in [0.2, 0.25) is 0 Å². The Morgan fingerprint density at radius 3 is 2.20 bits per heavy atom. The fourth-order valence-corrected chi connectivity index (χ4v) is 1.75. The molecule has 1 aromatic rings. The molecule has 0 saturated carbocycles. The molecule has 0 radical (unpaired) electrons. The normalized spacial score (nSPS) is 15.3. The molecule has 0 fully saturated rings. The molecule has 0 aliphatic carbocycles. The van der Waals surface area contributed by atoms with Crippen LogP contribution in [-0.4, -0.2) is 26.0 Å². The van der Waals surface area contributed by atoms with E-state index in [9.17, 15) is 0 Å². The van der Waals surface area contributed by atoms with Gasteiger partial charge in [0.25, 0.3) is 0 Å². The van der Waals surface area contributed by atoms with E-state index in [4.69, 9.17) is 15.2 Å². The molecule has 1 unspecified atom stereocenters. The average Bonchev–Trinajstić information content (AvgIpc) is 2.19. The van der Waals surface area contributed by atoms with E-state index < -0.39 is 11.8 Å². The van der Waals surface area contributed by atoms with Gasteiger partial charge in [-0.3, -0.25) is 0 Å². The molecule has 1 rings (SSSR count). The summed E-state index contributed by atoms with van der Waals surface area (Å²) in [6.45, 7) is 1.93. The minimum Gasteiger partial charge on any atom is -0.354 e. The lowest BCUT2D eigenvalue weighted by atomic mass is 9.93. The van der Waals surface area contributed by atoms with Gasteiger partial charge in [-0.15, -0.1) is 0 Å². The Morgan fingerprint density at radius 2 is 1.73 bits per heavy atom. The third-order valence-corrected chi connectivity index (χ3v) is 2.39. The molecule has 0 spiro atoms. The number of methoxy groups -OCH3 is 2. The molecule has 0 amide bonds. The van der Waals surface area contributed by atoms with Crippen molar-refractivity contribution in [2.45, 2.75) is 25.2 Å². The smallest absolute Gasteiger partial charge is 0.174 e. The summed E-state index contributed by atoms with van der Waals surface area (Å²) in [6.07, 6.45) is 0.331. The summed E-state index contributed by atoms with van der Waals surface area (Å²) in [5.74, 6) is 0. The fraction of sp³-hybridized carbons (Fsp3) is 0.500. The summed E-state index contributed by atoms with van der Waals surface area (Å²) in [5, 5.41) is 0. The quantitative estimate of drug-likeness (QED) is 0.749. The molecule has 0 aliphatic heterocycles. The van der Waals surface area contributed by atoms with Crippen LogP contribution in [0.1, 0.15) is 12.5 Å². The van der Waals surface area contributed by atoms with Gasteiger partial charge in [0.05, 0.1) is 5.54 Å². The Hall–Kier alpha value is -0.900. The van der Waals surface area contributed by atoms with Crippen molar-refractivity contribution in [1.82, 2.24) is 0 Å². The first kappa shape index (κ1) is 12.2. The lowest BCUT2D eigenvalue weighted by Gasteiger charge is -2.31. The first-order valence-electron chi connectivity index (χ1n) is 4.98. The predicted octanol–water partition coefficient (Wildman–Crippen LogP) is 1.57. The summed E-state index contributed by atoms with van der Waals surface area (Å²) in [5.41, 5.74) is 6.82. The van der Waals surface area contributed by atoms with Crippen LogP contribution in [0.25, 0.3) is 0 Å². The molecule has 15 heavy (non-hydrogen) atoms. The van der Waals surface area contributed by atoms with Crippen molar-refractivity contribution >= 4 is 0 Å². The summed E-state index contributed by atoms with van der Waals surface area (Å²) in [7, 11) is 3.20. The van der Waals surface area contributed by atoms with Gasteiger partial charge >= 0.3 is 0 Å². The molecule has 0 aliphatic rings. The second kappa shape index (κ2) is 5.26. The van der Waals surface area contributed by atoms with Crippen molar-refractivity contribution in [2.24, 2.45) is 5.73 Å². The van der Waals surface area contributed by atoms with Crippen LogP contribution in [0.15, 0.2) is 30.3 Å². The van der Waals surface area contributed by atoms with Crippen molar-refractivity contribution in [3.8, 4) is 0 Å². The van der Waals surface area contributed by atoms with Gasteiger partial charge in [-0.25, -0.2) is 0 Å².